The van der Waals surface area contributed by atoms with E-state index in [1.807, 2.05) is 11.3 Å². The van der Waals surface area contributed by atoms with Crippen LogP contribution in [-0.4, -0.2) is 0 Å². The third kappa shape index (κ3) is 3.11. The zero-order valence-corrected chi connectivity index (χ0v) is 20.7. The van der Waals surface area contributed by atoms with Crippen molar-refractivity contribution in [3.8, 4) is 0 Å². The van der Waals surface area contributed by atoms with Gasteiger partial charge < -0.3 is 9.32 Å². The minimum atomic E-state index is 0.897. The standard InChI is InChI=1S/C34H21NOS/c1-2-10-23(11-3-1)35(24-18-20-27-26-13-6-7-16-31(26)37-32(27)21-24)30-15-8-14-28-29-19-17-22-9-4-5-12-25(22)33(29)36-34(28)30/h1-21H. The highest BCUT2D eigenvalue weighted by molar-refractivity contribution is 7.25. The van der Waals surface area contributed by atoms with Crippen LogP contribution in [0.25, 0.3) is 52.9 Å². The second-order valence-electron chi connectivity index (χ2n) is 9.37. The SMILES string of the molecule is c1ccc(N(c2ccc3c(c2)sc2ccccc23)c2cccc3c2oc2c4ccccc4ccc32)cc1. The van der Waals surface area contributed by atoms with Crippen molar-refractivity contribution in [2.45, 2.75) is 0 Å². The first-order valence-corrected chi connectivity index (χ1v) is 13.3. The predicted octanol–water partition coefficient (Wildman–Crippen LogP) is 10.6. The molecule has 8 rings (SSSR count). The number of benzene rings is 6. The summed E-state index contributed by atoms with van der Waals surface area (Å²) in [5.41, 5.74) is 5.08. The van der Waals surface area contributed by atoms with E-state index in [-0.39, 0.29) is 0 Å². The molecule has 8 aromatic rings. The summed E-state index contributed by atoms with van der Waals surface area (Å²) < 4.78 is 9.31. The molecule has 0 amide bonds. The van der Waals surface area contributed by atoms with E-state index in [4.69, 9.17) is 4.42 Å². The Morgan fingerprint density at radius 3 is 2.08 bits per heavy atom. The molecule has 0 fully saturated rings. The Morgan fingerprint density at radius 1 is 0.459 bits per heavy atom. The fourth-order valence-corrected chi connectivity index (χ4v) is 6.68. The molecule has 0 N–H and O–H groups in total. The molecule has 2 heterocycles. The highest BCUT2D eigenvalue weighted by atomic mass is 32.1. The van der Waals surface area contributed by atoms with Crippen LogP contribution in [0.2, 0.25) is 0 Å². The minimum absolute atomic E-state index is 0.897. The largest absolute Gasteiger partial charge is 0.453 e. The van der Waals surface area contributed by atoms with Crippen LogP contribution in [-0.2, 0) is 0 Å². The lowest BCUT2D eigenvalue weighted by Crippen LogP contribution is -2.09. The normalized spacial score (nSPS) is 11.8. The van der Waals surface area contributed by atoms with Crippen LogP contribution in [0, 0.1) is 0 Å². The van der Waals surface area contributed by atoms with Gasteiger partial charge in [-0.2, -0.15) is 0 Å². The van der Waals surface area contributed by atoms with Gasteiger partial charge in [-0.15, -0.1) is 11.3 Å². The van der Waals surface area contributed by atoms with E-state index in [0.717, 1.165) is 44.4 Å². The third-order valence-corrected chi connectivity index (χ3v) is 8.38. The third-order valence-electron chi connectivity index (χ3n) is 7.24. The Labute approximate surface area is 217 Å². The van der Waals surface area contributed by atoms with Crippen LogP contribution < -0.4 is 4.90 Å². The smallest absolute Gasteiger partial charge is 0.159 e. The van der Waals surface area contributed by atoms with E-state index in [2.05, 4.69) is 132 Å². The molecule has 0 saturated carbocycles. The first-order chi connectivity index (χ1) is 18.3. The Hall–Kier alpha value is -4.60. The number of hydrogen-bond donors (Lipinski definition) is 0. The zero-order chi connectivity index (χ0) is 24.3. The van der Waals surface area contributed by atoms with Gasteiger partial charge in [0, 0.05) is 47.7 Å². The molecule has 0 aliphatic heterocycles. The van der Waals surface area contributed by atoms with Gasteiger partial charge in [0.1, 0.15) is 5.58 Å². The predicted molar refractivity (Wildman–Crippen MR) is 159 cm³/mol. The Balaban J connectivity index is 1.42. The van der Waals surface area contributed by atoms with Crippen molar-refractivity contribution in [3.05, 3.63) is 127 Å². The average Bonchev–Trinajstić information content (AvgIpc) is 3.53. The second kappa shape index (κ2) is 7.95. The maximum Gasteiger partial charge on any atom is 0.159 e. The highest BCUT2D eigenvalue weighted by Gasteiger charge is 2.20. The van der Waals surface area contributed by atoms with E-state index < -0.39 is 0 Å². The van der Waals surface area contributed by atoms with Crippen molar-refractivity contribution in [3.63, 3.8) is 0 Å². The summed E-state index contributed by atoms with van der Waals surface area (Å²) in [6.45, 7) is 0. The molecule has 0 atom stereocenters. The summed E-state index contributed by atoms with van der Waals surface area (Å²) in [7, 11) is 0. The number of furan rings is 1. The van der Waals surface area contributed by atoms with Gasteiger partial charge in [0.05, 0.1) is 5.69 Å². The lowest BCUT2D eigenvalue weighted by Gasteiger charge is -2.25. The molecule has 3 heteroatoms. The first-order valence-electron chi connectivity index (χ1n) is 12.4. The van der Waals surface area contributed by atoms with Gasteiger partial charge in [-0.25, -0.2) is 0 Å². The number of thiophene rings is 1. The summed E-state index contributed by atoms with van der Waals surface area (Å²) in [6, 6.07) is 45.2. The molecule has 0 aliphatic rings. The summed E-state index contributed by atoms with van der Waals surface area (Å²) in [4.78, 5) is 2.32. The first kappa shape index (κ1) is 20.6. The minimum Gasteiger partial charge on any atom is -0.453 e. The highest BCUT2D eigenvalue weighted by Crippen LogP contribution is 2.45. The lowest BCUT2D eigenvalue weighted by molar-refractivity contribution is 0.673. The number of nitrogens with zero attached hydrogens (tertiary/aromatic N) is 1. The number of rotatable bonds is 3. The summed E-state index contributed by atoms with van der Waals surface area (Å²) in [5, 5.41) is 7.20. The van der Waals surface area contributed by atoms with E-state index in [0.29, 0.717) is 0 Å². The molecular weight excluding hydrogens is 470 g/mol. The molecule has 2 nitrogen and oxygen atoms in total. The van der Waals surface area contributed by atoms with Crippen molar-refractivity contribution >= 4 is 81.3 Å². The molecule has 0 spiro atoms. The maximum absolute atomic E-state index is 6.72. The van der Waals surface area contributed by atoms with Gasteiger partial charge in [0.2, 0.25) is 0 Å². The Bertz CT molecular complexity index is 2100. The van der Waals surface area contributed by atoms with Crippen LogP contribution in [0.15, 0.2) is 132 Å². The molecular formula is C34H21NOS. The molecule has 0 radical (unpaired) electrons. The van der Waals surface area contributed by atoms with Crippen molar-refractivity contribution in [2.75, 3.05) is 4.90 Å². The number of para-hydroxylation sites is 2. The molecule has 0 bridgehead atoms. The number of anilines is 3. The fourth-order valence-electron chi connectivity index (χ4n) is 5.55. The topological polar surface area (TPSA) is 16.4 Å². The van der Waals surface area contributed by atoms with Crippen molar-refractivity contribution < 1.29 is 4.42 Å². The molecule has 174 valence electrons. The number of fused-ring (bicyclic) bond motifs is 8. The summed E-state index contributed by atoms with van der Waals surface area (Å²) in [5.74, 6) is 0. The molecule has 37 heavy (non-hydrogen) atoms. The van der Waals surface area contributed by atoms with E-state index in [1.54, 1.807) is 0 Å². The molecule has 0 aliphatic carbocycles. The van der Waals surface area contributed by atoms with Crippen LogP contribution in [0.3, 0.4) is 0 Å². The van der Waals surface area contributed by atoms with Gasteiger partial charge in [0.25, 0.3) is 0 Å². The van der Waals surface area contributed by atoms with Crippen molar-refractivity contribution in [1.29, 1.82) is 0 Å². The summed E-state index contributed by atoms with van der Waals surface area (Å²) >= 11 is 1.84. The van der Waals surface area contributed by atoms with Gasteiger partial charge in [-0.05, 0) is 47.9 Å². The van der Waals surface area contributed by atoms with Gasteiger partial charge in [0.15, 0.2) is 5.58 Å². The maximum atomic E-state index is 6.72. The van der Waals surface area contributed by atoms with Crippen LogP contribution in [0.1, 0.15) is 0 Å². The molecule has 0 unspecified atom stereocenters. The van der Waals surface area contributed by atoms with Crippen LogP contribution >= 0.6 is 11.3 Å². The second-order valence-corrected chi connectivity index (χ2v) is 10.5. The van der Waals surface area contributed by atoms with Gasteiger partial charge in [-0.3, -0.25) is 0 Å². The van der Waals surface area contributed by atoms with Crippen LogP contribution in [0.5, 0.6) is 0 Å². The molecule has 2 aromatic heterocycles. The lowest BCUT2D eigenvalue weighted by atomic mass is 10.1. The van der Waals surface area contributed by atoms with Gasteiger partial charge >= 0.3 is 0 Å². The fraction of sp³-hybridized carbons (Fsp3) is 0. The Kier molecular flexibility index (Phi) is 4.42. The quantitative estimate of drug-likeness (QED) is 0.244. The van der Waals surface area contributed by atoms with E-state index >= 15 is 0 Å². The zero-order valence-electron chi connectivity index (χ0n) is 19.9. The average molecular weight is 492 g/mol. The van der Waals surface area contributed by atoms with Crippen LogP contribution in [0.4, 0.5) is 17.1 Å². The monoisotopic (exact) mass is 491 g/mol. The van der Waals surface area contributed by atoms with Crippen molar-refractivity contribution in [2.24, 2.45) is 0 Å². The van der Waals surface area contributed by atoms with Gasteiger partial charge in [-0.1, -0.05) is 84.9 Å². The molecule has 0 saturated heterocycles. The number of hydrogen-bond acceptors (Lipinski definition) is 3. The van der Waals surface area contributed by atoms with E-state index in [9.17, 15) is 0 Å². The summed E-state index contributed by atoms with van der Waals surface area (Å²) in [6.07, 6.45) is 0. The van der Waals surface area contributed by atoms with Crippen molar-refractivity contribution in [1.82, 2.24) is 0 Å². The Morgan fingerprint density at radius 2 is 1.16 bits per heavy atom. The molecule has 6 aromatic carbocycles. The van der Waals surface area contributed by atoms with E-state index in [1.165, 1.54) is 25.6 Å².